The largest absolute Gasteiger partial charge is 0.390 e. The van der Waals surface area contributed by atoms with Crippen molar-refractivity contribution >= 4 is 0 Å². The van der Waals surface area contributed by atoms with Gasteiger partial charge in [-0.05, 0) is 58.2 Å². The van der Waals surface area contributed by atoms with Gasteiger partial charge in [-0.3, -0.25) is 0 Å². The maximum Gasteiger partial charge on any atom is 0.0855 e. The molecule has 2 N–H and O–H groups in total. The highest BCUT2D eigenvalue weighted by molar-refractivity contribution is 5.31. The molecule has 1 aliphatic rings. The van der Waals surface area contributed by atoms with Gasteiger partial charge in [0, 0.05) is 12.0 Å². The van der Waals surface area contributed by atoms with Crippen molar-refractivity contribution in [3.8, 4) is 0 Å². The molecular formula is C18H29NO2. The van der Waals surface area contributed by atoms with E-state index in [0.29, 0.717) is 6.42 Å². The summed E-state index contributed by atoms with van der Waals surface area (Å²) in [6.45, 7) is 9.90. The van der Waals surface area contributed by atoms with Gasteiger partial charge in [0.2, 0.25) is 0 Å². The minimum absolute atomic E-state index is 0.0135. The van der Waals surface area contributed by atoms with Crippen molar-refractivity contribution in [1.29, 1.82) is 0 Å². The molecule has 2 unspecified atom stereocenters. The fourth-order valence-electron chi connectivity index (χ4n) is 2.85. The van der Waals surface area contributed by atoms with E-state index in [1.165, 1.54) is 11.1 Å². The van der Waals surface area contributed by atoms with Crippen molar-refractivity contribution < 1.29 is 9.84 Å². The molecule has 0 aliphatic carbocycles. The monoisotopic (exact) mass is 291 g/mol. The summed E-state index contributed by atoms with van der Waals surface area (Å²) in [4.78, 5) is 0. The Bertz CT molecular complexity index is 463. The second-order valence-electron chi connectivity index (χ2n) is 7.44. The molecule has 0 fully saturated rings. The first-order chi connectivity index (χ1) is 9.77. The van der Waals surface area contributed by atoms with Crippen molar-refractivity contribution in [3.05, 3.63) is 35.4 Å². The predicted molar refractivity (Wildman–Crippen MR) is 86.5 cm³/mol. The van der Waals surface area contributed by atoms with E-state index in [2.05, 4.69) is 50.4 Å². The molecule has 1 heterocycles. The van der Waals surface area contributed by atoms with Gasteiger partial charge in [-0.2, -0.15) is 0 Å². The molecule has 0 bridgehead atoms. The molecule has 1 aromatic rings. The minimum Gasteiger partial charge on any atom is -0.390 e. The number of rotatable bonds is 5. The smallest absolute Gasteiger partial charge is 0.0855 e. The fourth-order valence-corrected chi connectivity index (χ4v) is 2.85. The van der Waals surface area contributed by atoms with Crippen molar-refractivity contribution in [1.82, 2.24) is 5.32 Å². The van der Waals surface area contributed by atoms with Crippen LogP contribution in [-0.4, -0.2) is 29.4 Å². The van der Waals surface area contributed by atoms with E-state index in [0.717, 1.165) is 26.0 Å². The molecule has 118 valence electrons. The van der Waals surface area contributed by atoms with Crippen LogP contribution in [0.3, 0.4) is 0 Å². The molecule has 0 saturated heterocycles. The molecule has 0 aromatic heterocycles. The maximum absolute atomic E-state index is 10.7. The zero-order valence-corrected chi connectivity index (χ0v) is 13.8. The van der Waals surface area contributed by atoms with Gasteiger partial charge in [0.25, 0.3) is 0 Å². The first-order valence-corrected chi connectivity index (χ1v) is 7.94. The minimum atomic E-state index is -0.715. The zero-order valence-electron chi connectivity index (χ0n) is 13.8. The fraction of sp³-hybridized carbons (Fsp3) is 0.667. The summed E-state index contributed by atoms with van der Waals surface area (Å²) < 4.78 is 5.91. The average molecular weight is 291 g/mol. The molecule has 0 spiro atoms. The lowest BCUT2D eigenvalue weighted by Gasteiger charge is -2.33. The molecule has 3 nitrogen and oxygen atoms in total. The SMILES string of the molecule is CC(O)(CCNC(C)(C)C)CC1OCCc2ccccc21. The van der Waals surface area contributed by atoms with Crippen LogP contribution in [0.2, 0.25) is 0 Å². The standard InChI is InChI=1S/C18H29NO2/c1-17(2,3)19-11-10-18(4,20)13-16-15-8-6-5-7-14(15)9-12-21-16/h5-8,16,19-20H,9-13H2,1-4H3. The molecule has 2 rings (SSSR count). The van der Waals surface area contributed by atoms with Crippen LogP contribution in [0.1, 0.15) is 57.8 Å². The molecule has 3 heteroatoms. The molecule has 2 atom stereocenters. The van der Waals surface area contributed by atoms with Crippen LogP contribution >= 0.6 is 0 Å². The summed E-state index contributed by atoms with van der Waals surface area (Å²) >= 11 is 0. The van der Waals surface area contributed by atoms with Crippen molar-refractivity contribution in [3.63, 3.8) is 0 Å². The van der Waals surface area contributed by atoms with Crippen LogP contribution in [0.4, 0.5) is 0 Å². The summed E-state index contributed by atoms with van der Waals surface area (Å²) in [5.41, 5.74) is 1.97. The number of nitrogens with one attached hydrogen (secondary N) is 1. The number of benzene rings is 1. The highest BCUT2D eigenvalue weighted by Gasteiger charge is 2.30. The van der Waals surface area contributed by atoms with Crippen molar-refractivity contribution in [2.45, 2.75) is 64.2 Å². The number of ether oxygens (including phenoxy) is 1. The quantitative estimate of drug-likeness (QED) is 0.875. The molecule has 21 heavy (non-hydrogen) atoms. The Morgan fingerprint density at radius 2 is 1.95 bits per heavy atom. The van der Waals surface area contributed by atoms with Crippen LogP contribution in [0, 0.1) is 0 Å². The summed E-state index contributed by atoms with van der Waals surface area (Å²) in [5, 5.41) is 14.1. The number of hydrogen-bond donors (Lipinski definition) is 2. The number of hydrogen-bond acceptors (Lipinski definition) is 3. The van der Waals surface area contributed by atoms with E-state index in [9.17, 15) is 5.11 Å². The molecule has 1 aliphatic heterocycles. The van der Waals surface area contributed by atoms with Gasteiger partial charge in [0.1, 0.15) is 0 Å². The third kappa shape index (κ3) is 5.10. The van der Waals surface area contributed by atoms with Gasteiger partial charge in [-0.1, -0.05) is 24.3 Å². The highest BCUT2D eigenvalue weighted by atomic mass is 16.5. The summed E-state index contributed by atoms with van der Waals surface area (Å²) in [6.07, 6.45) is 2.36. The van der Waals surface area contributed by atoms with Gasteiger partial charge in [0.05, 0.1) is 18.3 Å². The van der Waals surface area contributed by atoms with Crippen molar-refractivity contribution in [2.24, 2.45) is 0 Å². The molecule has 0 amide bonds. The summed E-state index contributed by atoms with van der Waals surface area (Å²) in [7, 11) is 0. The van der Waals surface area contributed by atoms with Crippen LogP contribution in [0.25, 0.3) is 0 Å². The molecule has 0 radical (unpaired) electrons. The van der Waals surface area contributed by atoms with E-state index < -0.39 is 5.60 Å². The third-order valence-corrected chi connectivity index (χ3v) is 4.04. The van der Waals surface area contributed by atoms with Crippen LogP contribution in [0.5, 0.6) is 0 Å². The van der Waals surface area contributed by atoms with E-state index in [4.69, 9.17) is 4.74 Å². The van der Waals surface area contributed by atoms with Crippen LogP contribution < -0.4 is 5.32 Å². The lowest BCUT2D eigenvalue weighted by molar-refractivity contribution is -0.0406. The Labute approximate surface area is 128 Å². The Morgan fingerprint density at radius 3 is 2.67 bits per heavy atom. The lowest BCUT2D eigenvalue weighted by Crippen LogP contribution is -2.40. The predicted octanol–water partition coefficient (Wildman–Crippen LogP) is 3.22. The van der Waals surface area contributed by atoms with E-state index in [1.54, 1.807) is 0 Å². The number of aliphatic hydroxyl groups is 1. The van der Waals surface area contributed by atoms with Crippen molar-refractivity contribution in [2.75, 3.05) is 13.2 Å². The third-order valence-electron chi connectivity index (χ3n) is 4.04. The Balaban J connectivity index is 1.94. The first-order valence-electron chi connectivity index (χ1n) is 7.94. The Kier molecular flexibility index (Phi) is 5.07. The Morgan fingerprint density at radius 1 is 1.24 bits per heavy atom. The second-order valence-corrected chi connectivity index (χ2v) is 7.44. The topological polar surface area (TPSA) is 41.5 Å². The molecule has 0 saturated carbocycles. The normalized spacial score (nSPS) is 21.7. The van der Waals surface area contributed by atoms with Gasteiger partial charge in [0.15, 0.2) is 0 Å². The van der Waals surface area contributed by atoms with E-state index >= 15 is 0 Å². The van der Waals surface area contributed by atoms with E-state index in [1.807, 2.05) is 6.92 Å². The summed E-state index contributed by atoms with van der Waals surface area (Å²) in [6, 6.07) is 8.42. The lowest BCUT2D eigenvalue weighted by atomic mass is 9.87. The maximum atomic E-state index is 10.7. The molecule has 1 aromatic carbocycles. The molecular weight excluding hydrogens is 262 g/mol. The van der Waals surface area contributed by atoms with Gasteiger partial charge >= 0.3 is 0 Å². The van der Waals surface area contributed by atoms with Crippen LogP contribution in [-0.2, 0) is 11.2 Å². The number of fused-ring (bicyclic) bond motifs is 1. The highest BCUT2D eigenvalue weighted by Crippen LogP contribution is 2.34. The Hall–Kier alpha value is -0.900. The van der Waals surface area contributed by atoms with E-state index in [-0.39, 0.29) is 11.6 Å². The second kappa shape index (κ2) is 6.47. The van der Waals surface area contributed by atoms with Crippen LogP contribution in [0.15, 0.2) is 24.3 Å². The first kappa shape index (κ1) is 16.5. The van der Waals surface area contributed by atoms with Gasteiger partial charge < -0.3 is 15.2 Å². The van der Waals surface area contributed by atoms with Gasteiger partial charge in [-0.15, -0.1) is 0 Å². The van der Waals surface area contributed by atoms with Gasteiger partial charge in [-0.25, -0.2) is 0 Å². The zero-order chi connectivity index (χ0) is 15.5. The summed E-state index contributed by atoms with van der Waals surface area (Å²) in [5.74, 6) is 0. The average Bonchev–Trinajstić information content (AvgIpc) is 2.37.